The first-order valence-electron chi connectivity index (χ1n) is 11.4. The molecule has 0 heterocycles. The minimum Gasteiger partial charge on any atom is -0.354 e. The van der Waals surface area contributed by atoms with E-state index in [-0.39, 0.29) is 18.4 Å². The van der Waals surface area contributed by atoms with E-state index < -0.39 is 23.9 Å². The Kier molecular flexibility index (Phi) is 16.5. The Morgan fingerprint density at radius 2 is 1.13 bits per heavy atom. The van der Waals surface area contributed by atoms with Gasteiger partial charge in [-0.25, -0.2) is 0 Å². The Morgan fingerprint density at radius 3 is 1.67 bits per heavy atom. The van der Waals surface area contributed by atoms with Gasteiger partial charge in [0, 0.05) is 13.5 Å². The van der Waals surface area contributed by atoms with Crippen LogP contribution in [0.5, 0.6) is 0 Å². The summed E-state index contributed by atoms with van der Waals surface area (Å²) in [5, 5.41) is 10.2. The van der Waals surface area contributed by atoms with Crippen molar-refractivity contribution in [2.45, 2.75) is 104 Å². The fraction of sp³-hybridized carbons (Fsp3) is 0.818. The molecule has 30 heavy (non-hydrogen) atoms. The molecule has 0 spiro atoms. The first kappa shape index (κ1) is 27.9. The first-order chi connectivity index (χ1) is 14.3. The fourth-order valence-corrected chi connectivity index (χ4v) is 3.03. The van der Waals surface area contributed by atoms with Crippen molar-refractivity contribution in [2.75, 3.05) is 13.1 Å². The summed E-state index contributed by atoms with van der Waals surface area (Å²) in [5.74, 6) is -1.48. The molecule has 0 saturated heterocycles. The van der Waals surface area contributed by atoms with Crippen LogP contribution in [0.15, 0.2) is 0 Å². The molecule has 0 bridgehead atoms. The predicted octanol–water partition coefficient (Wildman–Crippen LogP) is 2.17. The lowest BCUT2D eigenvalue weighted by molar-refractivity contribution is -0.130. The van der Waals surface area contributed by atoms with E-state index in [1.54, 1.807) is 6.92 Å². The summed E-state index contributed by atoms with van der Waals surface area (Å²) in [5.41, 5.74) is 0. The number of carbonyl (C=O) groups excluding carboxylic acids is 4. The van der Waals surface area contributed by atoms with Crippen molar-refractivity contribution in [1.82, 2.24) is 21.3 Å². The first-order valence-corrected chi connectivity index (χ1v) is 11.4. The number of hydrogen-bond donors (Lipinski definition) is 4. The average Bonchev–Trinajstić information content (AvgIpc) is 2.69. The van der Waals surface area contributed by atoms with E-state index in [9.17, 15) is 19.2 Å². The van der Waals surface area contributed by atoms with Crippen LogP contribution in [0.2, 0.25) is 0 Å². The van der Waals surface area contributed by atoms with E-state index in [2.05, 4.69) is 28.2 Å². The van der Waals surface area contributed by atoms with Crippen LogP contribution in [0.1, 0.15) is 91.9 Å². The Morgan fingerprint density at radius 1 is 0.667 bits per heavy atom. The second-order valence-corrected chi connectivity index (χ2v) is 7.90. The predicted molar refractivity (Wildman–Crippen MR) is 119 cm³/mol. The van der Waals surface area contributed by atoms with Crippen LogP contribution in [0.25, 0.3) is 0 Å². The summed E-state index contributed by atoms with van der Waals surface area (Å²) < 4.78 is 0. The van der Waals surface area contributed by atoms with Crippen molar-refractivity contribution in [1.29, 1.82) is 0 Å². The zero-order chi connectivity index (χ0) is 22.8. The molecule has 8 nitrogen and oxygen atoms in total. The van der Waals surface area contributed by atoms with Crippen LogP contribution in [0.4, 0.5) is 0 Å². The van der Waals surface area contributed by atoms with E-state index in [0.717, 1.165) is 12.8 Å². The number of amides is 4. The van der Waals surface area contributed by atoms with E-state index in [1.807, 2.05) is 0 Å². The maximum Gasteiger partial charge on any atom is 0.242 e. The van der Waals surface area contributed by atoms with Crippen molar-refractivity contribution in [2.24, 2.45) is 0 Å². The maximum atomic E-state index is 12.0. The van der Waals surface area contributed by atoms with Crippen LogP contribution < -0.4 is 21.3 Å². The number of nitrogens with one attached hydrogen (secondary N) is 4. The molecule has 0 aromatic heterocycles. The van der Waals surface area contributed by atoms with Crippen LogP contribution in [0, 0.1) is 0 Å². The van der Waals surface area contributed by atoms with Crippen LogP contribution in [-0.2, 0) is 19.2 Å². The summed E-state index contributed by atoms with van der Waals surface area (Å²) in [4.78, 5) is 46.6. The van der Waals surface area contributed by atoms with E-state index in [4.69, 9.17) is 0 Å². The summed E-state index contributed by atoms with van der Waals surface area (Å²) in [7, 11) is 0. The molecule has 174 valence electrons. The minimum absolute atomic E-state index is 0.239. The summed E-state index contributed by atoms with van der Waals surface area (Å²) in [6, 6.07) is -1.40. The van der Waals surface area contributed by atoms with E-state index in [0.29, 0.717) is 6.54 Å². The van der Waals surface area contributed by atoms with Gasteiger partial charge in [0.1, 0.15) is 12.1 Å². The molecule has 0 aliphatic rings. The highest BCUT2D eigenvalue weighted by atomic mass is 16.2. The third-order valence-electron chi connectivity index (χ3n) is 4.84. The smallest absolute Gasteiger partial charge is 0.242 e. The molecule has 0 fully saturated rings. The highest BCUT2D eigenvalue weighted by Crippen LogP contribution is 2.10. The highest BCUT2D eigenvalue weighted by Gasteiger charge is 2.17. The Balaban J connectivity index is 3.75. The van der Waals surface area contributed by atoms with Crippen molar-refractivity contribution < 1.29 is 19.2 Å². The van der Waals surface area contributed by atoms with Gasteiger partial charge in [-0.05, 0) is 20.3 Å². The van der Waals surface area contributed by atoms with Gasteiger partial charge in [0.2, 0.25) is 23.6 Å². The monoisotopic (exact) mass is 426 g/mol. The van der Waals surface area contributed by atoms with Gasteiger partial charge in [0.05, 0.1) is 6.54 Å². The highest BCUT2D eigenvalue weighted by molar-refractivity contribution is 5.91. The van der Waals surface area contributed by atoms with Gasteiger partial charge in [-0.2, -0.15) is 0 Å². The second-order valence-electron chi connectivity index (χ2n) is 7.90. The average molecular weight is 427 g/mol. The van der Waals surface area contributed by atoms with Gasteiger partial charge in [-0.3, -0.25) is 19.2 Å². The number of hydrogen-bond acceptors (Lipinski definition) is 4. The SMILES string of the molecule is CCCCCCCCCCCCNC(=O)[C@H](C)NC(=O)CNC(=O)[C@H](C)NC(C)=O. The molecule has 0 aliphatic carbocycles. The van der Waals surface area contributed by atoms with Gasteiger partial charge in [0.25, 0.3) is 0 Å². The zero-order valence-electron chi connectivity index (χ0n) is 19.3. The largest absolute Gasteiger partial charge is 0.354 e. The lowest BCUT2D eigenvalue weighted by Crippen LogP contribution is -2.50. The van der Waals surface area contributed by atoms with Crippen LogP contribution in [-0.4, -0.2) is 48.8 Å². The van der Waals surface area contributed by atoms with Crippen molar-refractivity contribution in [3.63, 3.8) is 0 Å². The van der Waals surface area contributed by atoms with Gasteiger partial charge in [-0.1, -0.05) is 64.7 Å². The van der Waals surface area contributed by atoms with Crippen molar-refractivity contribution >= 4 is 23.6 Å². The Bertz CT molecular complexity index is 525. The summed E-state index contributed by atoms with van der Waals surface area (Å²) >= 11 is 0. The second kappa shape index (κ2) is 17.7. The number of unbranched alkanes of at least 4 members (excludes halogenated alkanes) is 9. The molecule has 0 aliphatic heterocycles. The minimum atomic E-state index is -0.725. The topological polar surface area (TPSA) is 116 Å². The number of rotatable bonds is 17. The zero-order valence-corrected chi connectivity index (χ0v) is 19.3. The molecule has 0 aromatic carbocycles. The maximum absolute atomic E-state index is 12.0. The molecular formula is C22H42N4O4. The van der Waals surface area contributed by atoms with E-state index in [1.165, 1.54) is 65.2 Å². The fourth-order valence-electron chi connectivity index (χ4n) is 3.03. The molecule has 0 rings (SSSR count). The van der Waals surface area contributed by atoms with Gasteiger partial charge < -0.3 is 21.3 Å². The number of carbonyl (C=O) groups is 4. The molecule has 0 saturated carbocycles. The van der Waals surface area contributed by atoms with Gasteiger partial charge in [-0.15, -0.1) is 0 Å². The Labute approximate surface area is 181 Å². The molecule has 0 aromatic rings. The molecule has 8 heteroatoms. The lowest BCUT2D eigenvalue weighted by atomic mass is 10.1. The van der Waals surface area contributed by atoms with Crippen LogP contribution >= 0.6 is 0 Å². The third-order valence-corrected chi connectivity index (χ3v) is 4.84. The van der Waals surface area contributed by atoms with Crippen molar-refractivity contribution in [3.05, 3.63) is 0 Å². The van der Waals surface area contributed by atoms with Crippen LogP contribution in [0.3, 0.4) is 0 Å². The third kappa shape index (κ3) is 15.8. The summed E-state index contributed by atoms with van der Waals surface area (Å²) in [6.07, 6.45) is 12.4. The Hall–Kier alpha value is -2.12. The molecule has 2 atom stereocenters. The molecule has 4 N–H and O–H groups in total. The summed E-state index contributed by atoms with van der Waals surface area (Å²) in [6.45, 7) is 7.02. The van der Waals surface area contributed by atoms with Crippen molar-refractivity contribution in [3.8, 4) is 0 Å². The molecule has 4 amide bonds. The molecule has 0 unspecified atom stereocenters. The normalized spacial score (nSPS) is 12.5. The molecular weight excluding hydrogens is 384 g/mol. The molecule has 0 radical (unpaired) electrons. The van der Waals surface area contributed by atoms with Gasteiger partial charge in [0.15, 0.2) is 0 Å². The van der Waals surface area contributed by atoms with E-state index >= 15 is 0 Å². The van der Waals surface area contributed by atoms with Gasteiger partial charge >= 0.3 is 0 Å². The lowest BCUT2D eigenvalue weighted by Gasteiger charge is -2.16. The standard InChI is InChI=1S/C22H42N4O4/c1-5-6-7-8-9-10-11-12-13-14-15-23-21(29)18(3)26-20(28)16-24-22(30)17(2)25-19(4)27/h17-18H,5-16H2,1-4H3,(H,23,29)(H,24,30)(H,25,27)(H,26,28)/t17-,18-/m0/s1. The quantitative estimate of drug-likeness (QED) is 0.267.